The van der Waals surface area contributed by atoms with Gasteiger partial charge in [-0.15, -0.1) is 11.8 Å². The van der Waals surface area contributed by atoms with Gasteiger partial charge in [-0.05, 0) is 37.3 Å². The molecule has 0 radical (unpaired) electrons. The highest BCUT2D eigenvalue weighted by Crippen LogP contribution is 2.40. The minimum absolute atomic E-state index is 0.0197. The van der Waals surface area contributed by atoms with Gasteiger partial charge >= 0.3 is 0 Å². The summed E-state index contributed by atoms with van der Waals surface area (Å²) in [6.07, 6.45) is 0. The number of phenols is 1. The maximum Gasteiger partial charge on any atom is 0.261 e. The molecule has 0 aliphatic rings. The van der Waals surface area contributed by atoms with Crippen LogP contribution >= 0.6 is 23.4 Å². The van der Waals surface area contributed by atoms with E-state index in [1.54, 1.807) is 30.3 Å². The van der Waals surface area contributed by atoms with E-state index < -0.39 is 10.0 Å². The molecular formula is C19H16ClNO4S2. The fourth-order valence-corrected chi connectivity index (χ4v) is 4.53. The monoisotopic (exact) mass is 421 g/mol. The molecule has 0 unspecified atom stereocenters. The van der Waals surface area contributed by atoms with Crippen molar-refractivity contribution in [1.82, 2.24) is 0 Å². The van der Waals surface area contributed by atoms with E-state index in [0.717, 1.165) is 11.8 Å². The van der Waals surface area contributed by atoms with Crippen LogP contribution in [0.4, 0.5) is 5.69 Å². The van der Waals surface area contributed by atoms with Crippen LogP contribution in [0.25, 0.3) is 10.8 Å². The number of rotatable bonds is 6. The summed E-state index contributed by atoms with van der Waals surface area (Å²) in [6, 6.07) is 14.3. The SMILES string of the molecule is CC(=O)CSc1cc(NS(=O)(=O)c2ccc(Cl)cc2)c2ccccc2c1O. The van der Waals surface area contributed by atoms with Crippen molar-refractivity contribution in [2.75, 3.05) is 10.5 Å². The molecule has 0 spiro atoms. The van der Waals surface area contributed by atoms with Crippen molar-refractivity contribution in [2.45, 2.75) is 16.7 Å². The third kappa shape index (κ3) is 4.37. The Kier molecular flexibility index (Phi) is 5.64. The predicted octanol–water partition coefficient (Wildman–Crippen LogP) is 4.68. The van der Waals surface area contributed by atoms with Gasteiger partial charge in [0.25, 0.3) is 10.0 Å². The zero-order chi connectivity index (χ0) is 19.6. The van der Waals surface area contributed by atoms with Crippen molar-refractivity contribution >= 4 is 55.6 Å². The lowest BCUT2D eigenvalue weighted by atomic mass is 10.1. The highest BCUT2D eigenvalue weighted by molar-refractivity contribution is 8.00. The van der Waals surface area contributed by atoms with Crippen LogP contribution < -0.4 is 4.72 Å². The number of anilines is 1. The molecule has 0 amide bonds. The summed E-state index contributed by atoms with van der Waals surface area (Å²) in [5.41, 5.74) is 0.324. The first-order chi connectivity index (χ1) is 12.8. The number of carbonyl (C=O) groups is 1. The van der Waals surface area contributed by atoms with Gasteiger partial charge in [0, 0.05) is 15.8 Å². The van der Waals surface area contributed by atoms with Crippen LogP contribution in [-0.4, -0.2) is 25.1 Å². The number of nitrogens with one attached hydrogen (secondary N) is 1. The van der Waals surface area contributed by atoms with Crippen LogP contribution in [0.1, 0.15) is 6.92 Å². The fourth-order valence-electron chi connectivity index (χ4n) is 2.53. The lowest BCUT2D eigenvalue weighted by molar-refractivity contribution is -0.114. The summed E-state index contributed by atoms with van der Waals surface area (Å²) in [6.45, 7) is 1.45. The number of ketones is 1. The highest BCUT2D eigenvalue weighted by Gasteiger charge is 2.18. The molecule has 0 heterocycles. The Morgan fingerprint density at radius 2 is 1.74 bits per heavy atom. The van der Waals surface area contributed by atoms with Crippen molar-refractivity contribution < 1.29 is 18.3 Å². The molecular weight excluding hydrogens is 406 g/mol. The van der Waals surface area contributed by atoms with Gasteiger partial charge in [0.05, 0.1) is 21.2 Å². The molecule has 2 N–H and O–H groups in total. The smallest absolute Gasteiger partial charge is 0.261 e. The third-order valence-electron chi connectivity index (χ3n) is 3.78. The predicted molar refractivity (Wildman–Crippen MR) is 109 cm³/mol. The Morgan fingerprint density at radius 3 is 2.37 bits per heavy atom. The largest absolute Gasteiger partial charge is 0.506 e. The molecule has 3 aromatic carbocycles. The van der Waals surface area contributed by atoms with Crippen molar-refractivity contribution in [1.29, 1.82) is 0 Å². The molecule has 8 heteroatoms. The topological polar surface area (TPSA) is 83.5 Å². The second-order valence-corrected chi connectivity index (χ2v) is 9.00. The maximum absolute atomic E-state index is 12.7. The molecule has 3 rings (SSSR count). The summed E-state index contributed by atoms with van der Waals surface area (Å²) < 4.78 is 28.1. The fraction of sp³-hybridized carbons (Fsp3) is 0.105. The molecule has 0 fully saturated rings. The van der Waals surface area contributed by atoms with E-state index in [1.807, 2.05) is 0 Å². The number of Topliss-reactive ketones (excluding diaryl/α,β-unsaturated/α-hetero) is 1. The van der Waals surface area contributed by atoms with E-state index in [1.165, 1.54) is 31.2 Å². The van der Waals surface area contributed by atoms with Gasteiger partial charge < -0.3 is 5.11 Å². The standard InChI is InChI=1S/C19H16ClNO4S2/c1-12(22)11-26-18-10-17(15-4-2-3-5-16(15)19(18)23)21-27(24,25)14-8-6-13(20)7-9-14/h2-10,21,23H,11H2,1H3. The van der Waals surface area contributed by atoms with Gasteiger partial charge in [-0.2, -0.15) is 0 Å². The summed E-state index contributed by atoms with van der Waals surface area (Å²) in [4.78, 5) is 11.8. The van der Waals surface area contributed by atoms with Gasteiger partial charge in [0.2, 0.25) is 0 Å². The third-order valence-corrected chi connectivity index (χ3v) is 6.59. The van der Waals surface area contributed by atoms with E-state index in [2.05, 4.69) is 4.72 Å². The molecule has 0 atom stereocenters. The van der Waals surface area contributed by atoms with Crippen molar-refractivity contribution in [3.8, 4) is 5.75 Å². The molecule has 27 heavy (non-hydrogen) atoms. The summed E-state index contributed by atoms with van der Waals surface area (Å²) in [7, 11) is -3.85. The number of carbonyl (C=O) groups excluding carboxylic acids is 1. The molecule has 140 valence electrons. The Balaban J connectivity index is 2.08. The van der Waals surface area contributed by atoms with Gasteiger partial charge in [-0.25, -0.2) is 8.42 Å². The Labute approximate surface area is 166 Å². The van der Waals surface area contributed by atoms with Crippen LogP contribution in [-0.2, 0) is 14.8 Å². The number of aromatic hydroxyl groups is 1. The van der Waals surface area contributed by atoms with E-state index in [4.69, 9.17) is 11.6 Å². The average molecular weight is 422 g/mol. The van der Waals surface area contributed by atoms with Crippen molar-refractivity contribution in [3.05, 3.63) is 59.6 Å². The van der Waals surface area contributed by atoms with E-state index in [9.17, 15) is 18.3 Å². The van der Waals surface area contributed by atoms with Crippen LogP contribution in [0.2, 0.25) is 5.02 Å². The molecule has 3 aromatic rings. The van der Waals surface area contributed by atoms with Crippen molar-refractivity contribution in [3.63, 3.8) is 0 Å². The molecule has 0 aromatic heterocycles. The number of benzene rings is 3. The highest BCUT2D eigenvalue weighted by atomic mass is 35.5. The second-order valence-electron chi connectivity index (χ2n) is 5.87. The first-order valence-corrected chi connectivity index (χ1v) is 10.8. The molecule has 5 nitrogen and oxygen atoms in total. The lowest BCUT2D eigenvalue weighted by Crippen LogP contribution is -2.13. The van der Waals surface area contributed by atoms with E-state index in [-0.39, 0.29) is 22.2 Å². The number of thioether (sulfide) groups is 1. The van der Waals surface area contributed by atoms with Gasteiger partial charge in [0.15, 0.2) is 0 Å². The van der Waals surface area contributed by atoms with Crippen LogP contribution in [0.15, 0.2) is 64.4 Å². The van der Waals surface area contributed by atoms with E-state index in [0.29, 0.717) is 26.4 Å². The molecule has 0 saturated heterocycles. The van der Waals surface area contributed by atoms with Gasteiger partial charge in [-0.1, -0.05) is 35.9 Å². The number of fused-ring (bicyclic) bond motifs is 1. The zero-order valence-electron chi connectivity index (χ0n) is 14.3. The number of sulfonamides is 1. The first-order valence-electron chi connectivity index (χ1n) is 7.93. The van der Waals surface area contributed by atoms with Gasteiger partial charge in [-0.3, -0.25) is 9.52 Å². The zero-order valence-corrected chi connectivity index (χ0v) is 16.7. The van der Waals surface area contributed by atoms with Crippen LogP contribution in [0.5, 0.6) is 5.75 Å². The molecule has 0 saturated carbocycles. The lowest BCUT2D eigenvalue weighted by Gasteiger charge is -2.14. The second kappa shape index (κ2) is 7.80. The van der Waals surface area contributed by atoms with Crippen LogP contribution in [0.3, 0.4) is 0 Å². The minimum atomic E-state index is -3.85. The van der Waals surface area contributed by atoms with Crippen LogP contribution in [0, 0.1) is 0 Å². The average Bonchev–Trinajstić information content (AvgIpc) is 2.63. The molecule has 0 aliphatic carbocycles. The molecule has 0 bridgehead atoms. The maximum atomic E-state index is 12.7. The summed E-state index contributed by atoms with van der Waals surface area (Å²) in [5, 5.41) is 12.0. The quantitative estimate of drug-likeness (QED) is 0.446. The van der Waals surface area contributed by atoms with E-state index >= 15 is 0 Å². The molecule has 0 aliphatic heterocycles. The Hall–Kier alpha value is -2.22. The minimum Gasteiger partial charge on any atom is -0.506 e. The number of hydrogen-bond donors (Lipinski definition) is 2. The summed E-state index contributed by atoms with van der Waals surface area (Å²) in [5.74, 6) is 0.150. The summed E-state index contributed by atoms with van der Waals surface area (Å²) >= 11 is 6.98. The number of halogens is 1. The first kappa shape index (κ1) is 19.5. The Bertz CT molecular complexity index is 1110. The normalized spacial score (nSPS) is 11.5. The number of phenolic OH excluding ortho intramolecular Hbond substituents is 1. The Morgan fingerprint density at radius 1 is 1.11 bits per heavy atom. The number of hydrogen-bond acceptors (Lipinski definition) is 5. The van der Waals surface area contributed by atoms with Crippen molar-refractivity contribution in [2.24, 2.45) is 0 Å². The van der Waals surface area contributed by atoms with Gasteiger partial charge in [0.1, 0.15) is 11.5 Å².